The molecule has 1 aliphatic rings. The fourth-order valence-electron chi connectivity index (χ4n) is 3.02. The Hall–Kier alpha value is -1.55. The molecular weight excluding hydrogens is 278 g/mol. The summed E-state index contributed by atoms with van der Waals surface area (Å²) in [4.78, 5) is 14.4. The summed E-state index contributed by atoms with van der Waals surface area (Å²) in [6.45, 7) is 5.25. The van der Waals surface area contributed by atoms with E-state index in [4.69, 9.17) is 9.47 Å². The van der Waals surface area contributed by atoms with Gasteiger partial charge in [-0.3, -0.25) is 4.79 Å². The van der Waals surface area contributed by atoms with Crippen molar-refractivity contribution >= 4 is 5.91 Å². The lowest BCUT2D eigenvalue weighted by molar-refractivity contribution is -0.133. The largest absolute Gasteiger partial charge is 0.496 e. The average molecular weight is 305 g/mol. The molecule has 22 heavy (non-hydrogen) atoms. The van der Waals surface area contributed by atoms with Crippen molar-refractivity contribution in [3.63, 3.8) is 0 Å². The molecule has 0 saturated carbocycles. The molecule has 0 aliphatic carbocycles. The Labute approximate surface area is 133 Å². The summed E-state index contributed by atoms with van der Waals surface area (Å²) in [6.07, 6.45) is 3.52. The van der Waals surface area contributed by atoms with Crippen LogP contribution in [0.5, 0.6) is 5.75 Å². The molecule has 1 aromatic rings. The van der Waals surface area contributed by atoms with Crippen molar-refractivity contribution in [2.75, 3.05) is 33.4 Å². The van der Waals surface area contributed by atoms with Crippen LogP contribution in [0, 0.1) is 5.92 Å². The molecule has 1 fully saturated rings. The fraction of sp³-hybridized carbons (Fsp3) is 0.611. The Bertz CT molecular complexity index is 475. The molecule has 1 atom stereocenters. The van der Waals surface area contributed by atoms with Crippen LogP contribution in [0.15, 0.2) is 24.3 Å². The van der Waals surface area contributed by atoms with Crippen molar-refractivity contribution in [3.8, 4) is 5.75 Å². The van der Waals surface area contributed by atoms with Crippen LogP contribution >= 0.6 is 0 Å². The second-order valence-corrected chi connectivity index (χ2v) is 5.82. The van der Waals surface area contributed by atoms with E-state index in [1.807, 2.05) is 36.1 Å². The monoisotopic (exact) mass is 305 g/mol. The second kappa shape index (κ2) is 8.79. The maximum Gasteiger partial charge on any atom is 0.222 e. The molecule has 1 amide bonds. The van der Waals surface area contributed by atoms with Gasteiger partial charge in [-0.2, -0.15) is 0 Å². The van der Waals surface area contributed by atoms with Gasteiger partial charge in [-0.05, 0) is 43.7 Å². The maximum atomic E-state index is 12.4. The first-order valence-electron chi connectivity index (χ1n) is 8.22. The zero-order chi connectivity index (χ0) is 15.8. The number of benzene rings is 1. The number of carbonyl (C=O) groups is 1. The lowest BCUT2D eigenvalue weighted by atomic mass is 9.98. The van der Waals surface area contributed by atoms with Crippen LogP contribution in [-0.2, 0) is 16.0 Å². The summed E-state index contributed by atoms with van der Waals surface area (Å²) in [5.74, 6) is 1.60. The normalized spacial score (nSPS) is 18.3. The summed E-state index contributed by atoms with van der Waals surface area (Å²) < 4.78 is 10.8. The van der Waals surface area contributed by atoms with Crippen LogP contribution in [0.2, 0.25) is 0 Å². The Kier molecular flexibility index (Phi) is 6.72. The van der Waals surface area contributed by atoms with Gasteiger partial charge in [0.15, 0.2) is 0 Å². The predicted molar refractivity (Wildman–Crippen MR) is 87.1 cm³/mol. The summed E-state index contributed by atoms with van der Waals surface area (Å²) >= 11 is 0. The van der Waals surface area contributed by atoms with Crippen molar-refractivity contribution in [2.24, 2.45) is 5.92 Å². The van der Waals surface area contributed by atoms with E-state index in [9.17, 15) is 4.79 Å². The molecule has 0 N–H and O–H groups in total. The Balaban J connectivity index is 1.83. The highest BCUT2D eigenvalue weighted by Crippen LogP contribution is 2.21. The number of hydrogen-bond donors (Lipinski definition) is 0. The molecule has 0 aromatic heterocycles. The van der Waals surface area contributed by atoms with Crippen LogP contribution in [-0.4, -0.2) is 44.2 Å². The topological polar surface area (TPSA) is 38.8 Å². The number of nitrogens with zero attached hydrogens (tertiary/aromatic N) is 1. The molecule has 1 heterocycles. The van der Waals surface area contributed by atoms with Crippen LogP contribution in [0.1, 0.15) is 31.7 Å². The van der Waals surface area contributed by atoms with Crippen molar-refractivity contribution in [1.82, 2.24) is 4.90 Å². The highest BCUT2D eigenvalue weighted by atomic mass is 16.5. The Morgan fingerprint density at radius 2 is 2.18 bits per heavy atom. The minimum atomic E-state index is 0.243. The van der Waals surface area contributed by atoms with E-state index in [0.29, 0.717) is 12.3 Å². The summed E-state index contributed by atoms with van der Waals surface area (Å²) in [5, 5.41) is 0. The van der Waals surface area contributed by atoms with Crippen LogP contribution in [0.4, 0.5) is 0 Å². The minimum Gasteiger partial charge on any atom is -0.496 e. The van der Waals surface area contributed by atoms with E-state index in [0.717, 1.165) is 56.9 Å². The molecule has 0 bridgehead atoms. The van der Waals surface area contributed by atoms with Gasteiger partial charge < -0.3 is 14.4 Å². The SMILES string of the molecule is CCOCC1CCCN(C(=O)CCc2ccccc2OC)C1. The van der Waals surface area contributed by atoms with E-state index in [1.165, 1.54) is 0 Å². The third-order valence-corrected chi connectivity index (χ3v) is 4.23. The number of likely N-dealkylation sites (tertiary alicyclic amines) is 1. The van der Waals surface area contributed by atoms with Gasteiger partial charge >= 0.3 is 0 Å². The zero-order valence-corrected chi connectivity index (χ0v) is 13.7. The smallest absolute Gasteiger partial charge is 0.222 e. The lowest BCUT2D eigenvalue weighted by Gasteiger charge is -2.32. The molecule has 122 valence electrons. The first-order valence-corrected chi connectivity index (χ1v) is 8.22. The number of para-hydroxylation sites is 1. The number of rotatable bonds is 7. The van der Waals surface area contributed by atoms with E-state index in [1.54, 1.807) is 7.11 Å². The van der Waals surface area contributed by atoms with Gasteiger partial charge in [-0.15, -0.1) is 0 Å². The maximum absolute atomic E-state index is 12.4. The van der Waals surface area contributed by atoms with Crippen molar-refractivity contribution in [1.29, 1.82) is 0 Å². The molecule has 4 heteroatoms. The summed E-state index contributed by atoms with van der Waals surface area (Å²) in [5.41, 5.74) is 1.10. The number of piperidine rings is 1. The standard InChI is InChI=1S/C18H27NO3/c1-3-22-14-15-7-6-12-19(13-15)18(20)11-10-16-8-4-5-9-17(16)21-2/h4-5,8-9,15H,3,6-7,10-14H2,1-2H3. The molecule has 4 nitrogen and oxygen atoms in total. The zero-order valence-electron chi connectivity index (χ0n) is 13.7. The highest BCUT2D eigenvalue weighted by Gasteiger charge is 2.23. The van der Waals surface area contributed by atoms with Gasteiger partial charge in [-0.25, -0.2) is 0 Å². The molecule has 2 rings (SSSR count). The van der Waals surface area contributed by atoms with E-state index in [2.05, 4.69) is 0 Å². The number of amides is 1. The second-order valence-electron chi connectivity index (χ2n) is 5.82. The Morgan fingerprint density at radius 1 is 1.36 bits per heavy atom. The molecule has 1 aromatic carbocycles. The van der Waals surface area contributed by atoms with Crippen molar-refractivity contribution in [3.05, 3.63) is 29.8 Å². The lowest BCUT2D eigenvalue weighted by Crippen LogP contribution is -2.41. The summed E-state index contributed by atoms with van der Waals surface area (Å²) in [7, 11) is 1.67. The van der Waals surface area contributed by atoms with Crippen molar-refractivity contribution < 1.29 is 14.3 Å². The van der Waals surface area contributed by atoms with Gasteiger partial charge in [0.05, 0.1) is 13.7 Å². The number of aryl methyl sites for hydroxylation is 1. The van der Waals surface area contributed by atoms with Gasteiger partial charge in [0.1, 0.15) is 5.75 Å². The number of ether oxygens (including phenoxy) is 2. The third-order valence-electron chi connectivity index (χ3n) is 4.23. The third kappa shape index (κ3) is 4.73. The van der Waals surface area contributed by atoms with Gasteiger partial charge in [0, 0.05) is 26.1 Å². The summed E-state index contributed by atoms with van der Waals surface area (Å²) in [6, 6.07) is 7.91. The first kappa shape index (κ1) is 16.8. The molecule has 0 radical (unpaired) electrons. The minimum absolute atomic E-state index is 0.243. The van der Waals surface area contributed by atoms with Gasteiger partial charge in [-0.1, -0.05) is 18.2 Å². The molecule has 1 unspecified atom stereocenters. The van der Waals surface area contributed by atoms with Crippen molar-refractivity contribution in [2.45, 2.75) is 32.6 Å². The predicted octanol–water partition coefficient (Wildman–Crippen LogP) is 2.90. The average Bonchev–Trinajstić information content (AvgIpc) is 2.58. The van der Waals surface area contributed by atoms with Gasteiger partial charge in [0.25, 0.3) is 0 Å². The number of carbonyl (C=O) groups excluding carboxylic acids is 1. The van der Waals surface area contributed by atoms with Gasteiger partial charge in [0.2, 0.25) is 5.91 Å². The molecule has 1 aliphatic heterocycles. The molecular formula is C18H27NO3. The fourth-order valence-corrected chi connectivity index (χ4v) is 3.02. The first-order chi connectivity index (χ1) is 10.7. The number of hydrogen-bond acceptors (Lipinski definition) is 3. The molecule has 0 spiro atoms. The van der Waals surface area contributed by atoms with Crippen LogP contribution < -0.4 is 4.74 Å². The van der Waals surface area contributed by atoms with Crippen LogP contribution in [0.25, 0.3) is 0 Å². The van der Waals surface area contributed by atoms with Crippen LogP contribution in [0.3, 0.4) is 0 Å². The highest BCUT2D eigenvalue weighted by molar-refractivity contribution is 5.76. The Morgan fingerprint density at radius 3 is 2.95 bits per heavy atom. The van der Waals surface area contributed by atoms with E-state index in [-0.39, 0.29) is 5.91 Å². The molecule has 1 saturated heterocycles. The van der Waals surface area contributed by atoms with E-state index >= 15 is 0 Å². The number of methoxy groups -OCH3 is 1. The van der Waals surface area contributed by atoms with E-state index < -0.39 is 0 Å². The quantitative estimate of drug-likeness (QED) is 0.777.